The first-order valence-electron chi connectivity index (χ1n) is 27.4. The van der Waals surface area contributed by atoms with Gasteiger partial charge in [-0.3, -0.25) is 0 Å². The van der Waals surface area contributed by atoms with Gasteiger partial charge < -0.3 is 0 Å². The van der Waals surface area contributed by atoms with Gasteiger partial charge in [0.05, 0.1) is 0 Å². The average Bonchev–Trinajstić information content (AvgIpc) is 3.30. The van der Waals surface area contributed by atoms with E-state index >= 15 is 8.42 Å². The van der Waals surface area contributed by atoms with Crippen LogP contribution >= 0.6 is 6.83 Å². The first kappa shape index (κ1) is 55.6. The van der Waals surface area contributed by atoms with Gasteiger partial charge in [-0.05, 0) is 0 Å². The molecule has 0 radical (unpaired) electrons. The number of rotatable bonds is 41. The van der Waals surface area contributed by atoms with Crippen molar-refractivity contribution in [3.05, 3.63) is 71.8 Å². The van der Waals surface area contributed by atoms with Crippen molar-refractivity contribution >= 4 is 33.0 Å². The quantitative estimate of drug-likeness (QED) is 0.0421. The molecule has 3 nitrogen and oxygen atoms in total. The molecule has 0 aromatic heterocycles. The van der Waals surface area contributed by atoms with Gasteiger partial charge in [0, 0.05) is 0 Å². The molecule has 3 aromatic rings. The van der Waals surface area contributed by atoms with Gasteiger partial charge in [0.15, 0.2) is 0 Å². The van der Waals surface area contributed by atoms with Gasteiger partial charge in [0.1, 0.15) is 0 Å². The molecule has 3 aromatic carbocycles. The Morgan fingerprint density at radius 3 is 1.21 bits per heavy atom. The second-order valence-electron chi connectivity index (χ2n) is 19.8. The minimum Gasteiger partial charge on any atom is -0.0654 e. The minimum atomic E-state index is -4.16. The molecule has 0 N–H and O–H groups in total. The molecule has 0 saturated carbocycles. The molecule has 0 aliphatic rings. The fraction of sp³-hybridized carbons (Fsp3) is 0.724. The molecule has 0 bridgehead atoms. The van der Waals surface area contributed by atoms with Gasteiger partial charge in [-0.25, -0.2) is 0 Å². The third-order valence-corrected chi connectivity index (χ3v) is 23.3. The zero-order valence-electron chi connectivity index (χ0n) is 42.0. The van der Waals surface area contributed by atoms with Crippen molar-refractivity contribution < 1.29 is 12.4 Å². The number of fused-ring (bicyclic) bond motifs is 1. The van der Waals surface area contributed by atoms with E-state index in [1.54, 1.807) is 0 Å². The van der Waals surface area contributed by atoms with E-state index in [0.29, 0.717) is 4.90 Å². The summed E-state index contributed by atoms with van der Waals surface area (Å²) in [4.78, 5) is 0.499. The zero-order chi connectivity index (χ0) is 45.4. The van der Waals surface area contributed by atoms with Crippen molar-refractivity contribution in [2.75, 3.05) is 18.5 Å². The molecular formula is C58H99O3PS. The predicted octanol–water partition coefficient (Wildman–Crippen LogP) is 19.0. The van der Waals surface area contributed by atoms with Gasteiger partial charge in [-0.2, -0.15) is 0 Å². The standard InChI is InChI=1S/C58H99O3PS/c1-6-11-16-18-20-22-24-26-28-30-32-34-37-43-53-52-54-44-41-42-48-57(54)58(56(53)47-40-35-33-31-29-27-25-23-21-19-17-12-7-2)63(59,60)61-62(49-13-8-3,50-14-9-4,51-15-10-5)55-45-38-36-39-46-55/h36,38-39,41-42,44-46,48,52H,6-35,37,40,43,47,49-51H2,1-5H3. The van der Waals surface area contributed by atoms with Gasteiger partial charge in [-0.1, -0.05) is 97.3 Å². The molecule has 0 atom stereocenters. The van der Waals surface area contributed by atoms with Crippen LogP contribution in [-0.2, 0) is 26.9 Å². The van der Waals surface area contributed by atoms with Crippen LogP contribution in [0.2, 0.25) is 0 Å². The van der Waals surface area contributed by atoms with Crippen LogP contribution in [-0.4, -0.2) is 26.9 Å². The van der Waals surface area contributed by atoms with E-state index < -0.39 is 16.9 Å². The average molecular weight is 907 g/mol. The summed E-state index contributed by atoms with van der Waals surface area (Å²) in [6.45, 7) is 7.84. The summed E-state index contributed by atoms with van der Waals surface area (Å²) in [6.07, 6.45) is 44.5. The van der Waals surface area contributed by atoms with Crippen LogP contribution in [0.5, 0.6) is 0 Å². The Morgan fingerprint density at radius 1 is 0.413 bits per heavy atom. The van der Waals surface area contributed by atoms with E-state index in [9.17, 15) is 0 Å². The SMILES string of the molecule is CCCCCCCCCCCCCCCc1cc2ccccc2c(S(=O)(=O)OP(CCCC)(CCCC)(CCCC)c2ccccc2)c1CCCCCCCCCCCCCCC. The summed E-state index contributed by atoms with van der Waals surface area (Å²) >= 11 is 0. The van der Waals surface area contributed by atoms with E-state index in [0.717, 1.165) is 111 Å². The molecule has 0 unspecified atom stereocenters. The Kier molecular flexibility index (Phi) is 29.0. The van der Waals surface area contributed by atoms with Gasteiger partial charge >= 0.3 is 296 Å². The molecule has 0 aliphatic carbocycles. The molecule has 0 amide bonds. The molecule has 0 aliphatic heterocycles. The topological polar surface area (TPSA) is 43.4 Å². The predicted molar refractivity (Wildman–Crippen MR) is 283 cm³/mol. The van der Waals surface area contributed by atoms with Crippen LogP contribution in [0.25, 0.3) is 10.8 Å². The van der Waals surface area contributed by atoms with E-state index in [4.69, 9.17) is 3.97 Å². The van der Waals surface area contributed by atoms with Crippen molar-refractivity contribution in [3.63, 3.8) is 0 Å². The van der Waals surface area contributed by atoms with E-state index in [2.05, 4.69) is 89.2 Å². The number of aryl methyl sites for hydroxylation is 1. The van der Waals surface area contributed by atoms with Gasteiger partial charge in [-0.15, -0.1) is 0 Å². The van der Waals surface area contributed by atoms with E-state index in [-0.39, 0.29) is 0 Å². The molecule has 0 saturated heterocycles. The molecule has 0 heterocycles. The summed E-state index contributed by atoms with van der Waals surface area (Å²) in [5.74, 6) is 0. The molecular weight excluding hydrogens is 808 g/mol. The van der Waals surface area contributed by atoms with Crippen molar-refractivity contribution in [2.24, 2.45) is 0 Å². The summed E-state index contributed by atoms with van der Waals surface area (Å²) in [6, 6.07) is 21.4. The Bertz CT molecular complexity index is 1680. The Hall–Kier alpha value is -1.74. The fourth-order valence-electron chi connectivity index (χ4n) is 10.4. The van der Waals surface area contributed by atoms with Gasteiger partial charge in [0.2, 0.25) is 0 Å². The summed E-state index contributed by atoms with van der Waals surface area (Å²) < 4.78 is 39.1. The van der Waals surface area contributed by atoms with E-state index in [1.807, 2.05) is 6.07 Å². The first-order chi connectivity index (χ1) is 30.8. The fourth-order valence-corrected chi connectivity index (χ4v) is 20.5. The van der Waals surface area contributed by atoms with Crippen molar-refractivity contribution in [2.45, 2.75) is 258 Å². The number of benzene rings is 3. The first-order valence-corrected chi connectivity index (χ1v) is 31.5. The maximum atomic E-state index is 15.8. The van der Waals surface area contributed by atoms with Crippen LogP contribution in [0.15, 0.2) is 65.6 Å². The van der Waals surface area contributed by atoms with Crippen LogP contribution in [0.1, 0.15) is 251 Å². The monoisotopic (exact) mass is 907 g/mol. The Morgan fingerprint density at radius 2 is 0.778 bits per heavy atom. The van der Waals surface area contributed by atoms with Crippen molar-refractivity contribution in [1.82, 2.24) is 0 Å². The number of unbranched alkanes of at least 4 members (excludes halogenated alkanes) is 27. The second kappa shape index (κ2) is 32.9. The normalized spacial score (nSPS) is 12.9. The third-order valence-electron chi connectivity index (χ3n) is 14.3. The number of hydrogen-bond donors (Lipinski definition) is 0. The molecule has 0 spiro atoms. The smallest absolute Gasteiger partial charge is 0.0654 e. The zero-order valence-corrected chi connectivity index (χ0v) is 43.7. The molecule has 3 rings (SSSR count). The Labute approximate surface area is 391 Å². The molecule has 63 heavy (non-hydrogen) atoms. The van der Waals surface area contributed by atoms with Crippen molar-refractivity contribution in [3.8, 4) is 0 Å². The van der Waals surface area contributed by atoms with Crippen LogP contribution in [0.3, 0.4) is 0 Å². The molecule has 360 valence electrons. The van der Waals surface area contributed by atoms with Gasteiger partial charge in [0.25, 0.3) is 0 Å². The summed E-state index contributed by atoms with van der Waals surface area (Å²) in [5, 5.41) is 3.05. The minimum absolute atomic E-state index is 0.499. The van der Waals surface area contributed by atoms with Crippen LogP contribution in [0.4, 0.5) is 0 Å². The van der Waals surface area contributed by atoms with Crippen LogP contribution < -0.4 is 5.30 Å². The summed E-state index contributed by atoms with van der Waals surface area (Å²) in [5.41, 5.74) is 2.30. The third kappa shape index (κ3) is 19.6. The van der Waals surface area contributed by atoms with E-state index in [1.165, 1.54) is 153 Å². The second-order valence-corrected chi connectivity index (χ2v) is 26.8. The summed E-state index contributed by atoms with van der Waals surface area (Å²) in [7, 11) is -4.16. The van der Waals surface area contributed by atoms with Crippen molar-refractivity contribution in [1.29, 1.82) is 0 Å². The molecule has 0 fully saturated rings. The maximum absolute atomic E-state index is 15.8. The Balaban J connectivity index is 1.91. The number of hydrogen-bond acceptors (Lipinski definition) is 3. The molecule has 5 heteroatoms. The van der Waals surface area contributed by atoms with Crippen LogP contribution in [0, 0.1) is 0 Å².